The summed E-state index contributed by atoms with van der Waals surface area (Å²) in [5, 5.41) is 0. The first kappa shape index (κ1) is 25.8. The number of carbonyl (C=O) groups excluding carboxylic acids is 1. The van der Waals surface area contributed by atoms with Gasteiger partial charge in [0.05, 0.1) is 11.1 Å². The van der Waals surface area contributed by atoms with Gasteiger partial charge in [0.25, 0.3) is 0 Å². The molecule has 1 saturated carbocycles. The Hall–Kier alpha value is -2.30. The number of hydrazine groups is 1. The minimum atomic E-state index is -3.88. The number of hydrogen-bond donors (Lipinski definition) is 4. The average molecular weight is 500 g/mol. The fourth-order valence-electron chi connectivity index (χ4n) is 5.22. The van der Waals surface area contributed by atoms with Crippen LogP contribution in [0.3, 0.4) is 0 Å². The highest BCUT2D eigenvalue weighted by molar-refractivity contribution is 7.89. The first-order valence-corrected chi connectivity index (χ1v) is 14.0. The molecule has 1 amide bonds. The standard InChI is InChI=1S/C26H37N5O3S/c1-31(22-8-4-5-9-22)26(32)24(16-18-10-12-20(13-11-18)25(27)29-28)30-35(33,34)23-15-14-19-6-2-3-7-21(19)17-23/h10-15,17,22,24-25,29-30H,2-9,16,27-28H2,1H3/t24-,25?/m0/s1. The van der Waals surface area contributed by atoms with Crippen LogP contribution in [0.25, 0.3) is 0 Å². The minimum absolute atomic E-state index is 0.147. The highest BCUT2D eigenvalue weighted by Gasteiger charge is 2.32. The maximum atomic E-state index is 13.6. The van der Waals surface area contributed by atoms with Gasteiger partial charge >= 0.3 is 0 Å². The third-order valence-electron chi connectivity index (χ3n) is 7.40. The van der Waals surface area contributed by atoms with Gasteiger partial charge in [0.2, 0.25) is 15.9 Å². The Morgan fingerprint density at radius 1 is 1.03 bits per heavy atom. The molecule has 8 nitrogen and oxygen atoms in total. The second-order valence-electron chi connectivity index (χ2n) is 9.79. The normalized spacial score (nSPS) is 18.1. The van der Waals surface area contributed by atoms with E-state index in [1.807, 2.05) is 30.3 Å². The molecule has 2 aromatic rings. The van der Waals surface area contributed by atoms with E-state index in [0.717, 1.165) is 68.1 Å². The lowest BCUT2D eigenvalue weighted by atomic mass is 9.92. The van der Waals surface area contributed by atoms with Crippen LogP contribution < -0.4 is 21.7 Å². The molecule has 0 spiro atoms. The molecule has 0 radical (unpaired) electrons. The highest BCUT2D eigenvalue weighted by Crippen LogP contribution is 2.26. The van der Waals surface area contributed by atoms with Gasteiger partial charge in [-0.25, -0.2) is 13.8 Å². The molecule has 0 bridgehead atoms. The molecule has 9 heteroatoms. The molecule has 0 aromatic heterocycles. The molecule has 6 N–H and O–H groups in total. The number of aryl methyl sites for hydroxylation is 2. The molecule has 2 aliphatic carbocycles. The molecule has 1 fully saturated rings. The van der Waals surface area contributed by atoms with E-state index in [0.29, 0.717) is 0 Å². The van der Waals surface area contributed by atoms with Crippen molar-refractivity contribution in [3.8, 4) is 0 Å². The lowest BCUT2D eigenvalue weighted by Gasteiger charge is -2.29. The number of carbonyl (C=O) groups is 1. The first-order valence-electron chi connectivity index (χ1n) is 12.5. The predicted octanol–water partition coefficient (Wildman–Crippen LogP) is 2.28. The summed E-state index contributed by atoms with van der Waals surface area (Å²) in [6, 6.07) is 12.0. The Bertz CT molecular complexity index is 1130. The quantitative estimate of drug-likeness (QED) is 0.238. The van der Waals surface area contributed by atoms with E-state index in [9.17, 15) is 13.2 Å². The van der Waals surface area contributed by atoms with Crippen molar-refractivity contribution in [3.05, 3.63) is 64.7 Å². The van der Waals surface area contributed by atoms with E-state index in [1.165, 1.54) is 5.56 Å². The van der Waals surface area contributed by atoms with Gasteiger partial charge in [0.15, 0.2) is 0 Å². The van der Waals surface area contributed by atoms with Crippen LogP contribution in [0.4, 0.5) is 0 Å². The summed E-state index contributed by atoms with van der Waals surface area (Å²) < 4.78 is 29.6. The van der Waals surface area contributed by atoms with E-state index in [2.05, 4.69) is 10.1 Å². The smallest absolute Gasteiger partial charge is 0.241 e. The van der Waals surface area contributed by atoms with E-state index in [-0.39, 0.29) is 23.3 Å². The van der Waals surface area contributed by atoms with Crippen molar-refractivity contribution in [1.29, 1.82) is 0 Å². The Morgan fingerprint density at radius 3 is 2.34 bits per heavy atom. The zero-order valence-corrected chi connectivity index (χ0v) is 21.2. The Balaban J connectivity index is 1.58. The number of nitrogens with zero attached hydrogens (tertiary/aromatic N) is 1. The van der Waals surface area contributed by atoms with Gasteiger partial charge in [-0.05, 0) is 79.3 Å². The summed E-state index contributed by atoms with van der Waals surface area (Å²) in [6.45, 7) is 0. The summed E-state index contributed by atoms with van der Waals surface area (Å²) >= 11 is 0. The Labute approximate surface area is 208 Å². The van der Waals surface area contributed by atoms with Crippen LogP contribution >= 0.6 is 0 Å². The number of nitrogens with one attached hydrogen (secondary N) is 2. The SMILES string of the molecule is CN(C(=O)[C@H](Cc1ccc(C(N)NN)cc1)NS(=O)(=O)c1ccc2c(c1)CCCC2)C1CCCC1. The Kier molecular flexibility index (Phi) is 8.23. The molecule has 1 unspecified atom stereocenters. The van der Waals surface area contributed by atoms with Crippen molar-refractivity contribution < 1.29 is 13.2 Å². The van der Waals surface area contributed by atoms with Crippen molar-refractivity contribution in [2.75, 3.05) is 7.05 Å². The maximum Gasteiger partial charge on any atom is 0.241 e. The lowest BCUT2D eigenvalue weighted by molar-refractivity contribution is -0.133. The van der Waals surface area contributed by atoms with Crippen LogP contribution in [0.5, 0.6) is 0 Å². The van der Waals surface area contributed by atoms with Crippen molar-refractivity contribution in [2.45, 2.75) is 80.9 Å². The van der Waals surface area contributed by atoms with Crippen LogP contribution in [-0.4, -0.2) is 38.4 Å². The topological polar surface area (TPSA) is 131 Å². The van der Waals surface area contributed by atoms with Crippen LogP contribution in [-0.2, 0) is 34.1 Å². The van der Waals surface area contributed by atoms with Crippen LogP contribution in [0, 0.1) is 0 Å². The second-order valence-corrected chi connectivity index (χ2v) is 11.5. The van der Waals surface area contributed by atoms with Crippen molar-refractivity contribution >= 4 is 15.9 Å². The monoisotopic (exact) mass is 499 g/mol. The zero-order chi connectivity index (χ0) is 25.0. The average Bonchev–Trinajstić information content (AvgIpc) is 3.42. The summed E-state index contributed by atoms with van der Waals surface area (Å²) in [7, 11) is -2.10. The van der Waals surface area contributed by atoms with Crippen LogP contribution in [0.1, 0.15) is 66.9 Å². The van der Waals surface area contributed by atoms with Crippen molar-refractivity contribution in [3.63, 3.8) is 0 Å². The third kappa shape index (κ3) is 6.10. The number of likely N-dealkylation sites (N-methyl/N-ethyl adjacent to an activating group) is 1. The summed E-state index contributed by atoms with van der Waals surface area (Å²) in [6.07, 6.45) is 7.88. The number of rotatable bonds is 9. The van der Waals surface area contributed by atoms with Crippen molar-refractivity contribution in [1.82, 2.24) is 15.0 Å². The minimum Gasteiger partial charge on any atom is -0.341 e. The maximum absolute atomic E-state index is 13.6. The fourth-order valence-corrected chi connectivity index (χ4v) is 6.46. The number of hydrogen-bond acceptors (Lipinski definition) is 6. The van der Waals surface area contributed by atoms with Gasteiger partial charge in [-0.15, -0.1) is 0 Å². The highest BCUT2D eigenvalue weighted by atomic mass is 32.2. The van der Waals surface area contributed by atoms with Gasteiger partial charge in [0, 0.05) is 13.1 Å². The first-order chi connectivity index (χ1) is 16.8. The zero-order valence-electron chi connectivity index (χ0n) is 20.4. The van der Waals surface area contributed by atoms with Crippen LogP contribution in [0.2, 0.25) is 0 Å². The van der Waals surface area contributed by atoms with Gasteiger partial charge < -0.3 is 10.6 Å². The molecular formula is C26H37N5O3S. The molecule has 2 atom stereocenters. The van der Waals surface area contributed by atoms with E-state index < -0.39 is 22.2 Å². The number of fused-ring (bicyclic) bond motifs is 1. The van der Waals surface area contributed by atoms with Crippen LogP contribution in [0.15, 0.2) is 47.4 Å². The van der Waals surface area contributed by atoms with Crippen molar-refractivity contribution in [2.24, 2.45) is 11.6 Å². The molecule has 4 rings (SSSR count). The molecule has 0 saturated heterocycles. The van der Waals surface area contributed by atoms with Gasteiger partial charge in [-0.1, -0.05) is 43.2 Å². The van der Waals surface area contributed by atoms with Gasteiger partial charge in [-0.3, -0.25) is 10.6 Å². The number of benzene rings is 2. The molecule has 35 heavy (non-hydrogen) atoms. The number of nitrogens with two attached hydrogens (primary N) is 2. The molecule has 2 aliphatic rings. The van der Waals surface area contributed by atoms with Gasteiger partial charge in [0.1, 0.15) is 6.04 Å². The van der Waals surface area contributed by atoms with E-state index in [4.69, 9.17) is 11.6 Å². The molecule has 190 valence electrons. The van der Waals surface area contributed by atoms with Gasteiger partial charge in [-0.2, -0.15) is 4.72 Å². The number of amides is 1. The molecule has 0 heterocycles. The molecule has 2 aromatic carbocycles. The summed E-state index contributed by atoms with van der Waals surface area (Å²) in [5.74, 6) is 5.22. The second kappa shape index (κ2) is 11.2. The molecular weight excluding hydrogens is 462 g/mol. The summed E-state index contributed by atoms with van der Waals surface area (Å²) in [4.78, 5) is 15.5. The lowest BCUT2D eigenvalue weighted by Crippen LogP contribution is -2.50. The summed E-state index contributed by atoms with van der Waals surface area (Å²) in [5.41, 5.74) is 12.4. The molecule has 0 aliphatic heterocycles. The van der Waals surface area contributed by atoms with E-state index in [1.54, 1.807) is 24.1 Å². The number of sulfonamides is 1. The predicted molar refractivity (Wildman–Crippen MR) is 137 cm³/mol. The third-order valence-corrected chi connectivity index (χ3v) is 8.87. The largest absolute Gasteiger partial charge is 0.341 e. The Morgan fingerprint density at radius 2 is 1.69 bits per heavy atom. The fraction of sp³-hybridized carbons (Fsp3) is 0.500. The van der Waals surface area contributed by atoms with E-state index >= 15 is 0 Å².